The SMILES string of the molecule is C=CCN(C(=O)CC1=CC(C)(C)c2cc(OC)ccc21)S(=O)(=O)c1ccc(OC)cc1. The highest BCUT2D eigenvalue weighted by Gasteiger charge is 2.34. The molecule has 7 heteroatoms. The maximum absolute atomic E-state index is 13.2. The van der Waals surface area contributed by atoms with Gasteiger partial charge in [-0.2, -0.15) is 0 Å². The Morgan fingerprint density at radius 2 is 1.68 bits per heavy atom. The summed E-state index contributed by atoms with van der Waals surface area (Å²) in [5.74, 6) is 0.760. The van der Waals surface area contributed by atoms with E-state index in [1.165, 1.54) is 25.3 Å². The van der Waals surface area contributed by atoms with Crippen molar-refractivity contribution < 1.29 is 22.7 Å². The molecule has 0 saturated carbocycles. The molecule has 1 amide bonds. The molecule has 1 aliphatic carbocycles. The molecule has 0 atom stereocenters. The third-order valence-corrected chi connectivity index (χ3v) is 7.17. The van der Waals surface area contributed by atoms with E-state index >= 15 is 0 Å². The summed E-state index contributed by atoms with van der Waals surface area (Å²) in [6, 6.07) is 11.7. The van der Waals surface area contributed by atoms with Crippen molar-refractivity contribution in [3.05, 3.63) is 72.3 Å². The van der Waals surface area contributed by atoms with Crippen molar-refractivity contribution in [2.75, 3.05) is 20.8 Å². The molecule has 0 N–H and O–H groups in total. The Labute approximate surface area is 183 Å². The monoisotopic (exact) mass is 441 g/mol. The quantitative estimate of drug-likeness (QED) is 0.575. The molecule has 164 valence electrons. The molecule has 6 nitrogen and oxygen atoms in total. The Morgan fingerprint density at radius 3 is 2.26 bits per heavy atom. The number of benzene rings is 2. The van der Waals surface area contributed by atoms with Crippen LogP contribution in [0.25, 0.3) is 5.57 Å². The van der Waals surface area contributed by atoms with Crippen molar-refractivity contribution in [2.45, 2.75) is 30.6 Å². The first-order chi connectivity index (χ1) is 14.6. The predicted octanol–water partition coefficient (Wildman–Crippen LogP) is 4.17. The normalized spacial score (nSPS) is 14.4. The van der Waals surface area contributed by atoms with Crippen LogP contribution in [0.5, 0.6) is 11.5 Å². The number of nitrogens with zero attached hydrogens (tertiary/aromatic N) is 1. The van der Waals surface area contributed by atoms with Crippen molar-refractivity contribution in [3.8, 4) is 11.5 Å². The van der Waals surface area contributed by atoms with E-state index in [-0.39, 0.29) is 23.3 Å². The van der Waals surface area contributed by atoms with E-state index in [0.29, 0.717) is 5.75 Å². The third-order valence-electron chi connectivity index (χ3n) is 5.36. The van der Waals surface area contributed by atoms with Gasteiger partial charge in [0.1, 0.15) is 11.5 Å². The van der Waals surface area contributed by atoms with Gasteiger partial charge in [-0.1, -0.05) is 32.1 Å². The lowest BCUT2D eigenvalue weighted by atomic mass is 9.87. The highest BCUT2D eigenvalue weighted by atomic mass is 32.2. The van der Waals surface area contributed by atoms with E-state index in [0.717, 1.165) is 26.8 Å². The van der Waals surface area contributed by atoms with Crippen LogP contribution in [-0.2, 0) is 20.2 Å². The molecule has 0 radical (unpaired) electrons. The number of sulfonamides is 1. The fourth-order valence-corrected chi connectivity index (χ4v) is 5.15. The number of ether oxygens (including phenoxy) is 2. The molecule has 2 aromatic carbocycles. The third kappa shape index (κ3) is 4.37. The molecule has 0 spiro atoms. The summed E-state index contributed by atoms with van der Waals surface area (Å²) in [4.78, 5) is 13.2. The smallest absolute Gasteiger partial charge is 0.266 e. The maximum atomic E-state index is 13.2. The van der Waals surface area contributed by atoms with Crippen LogP contribution in [-0.4, -0.2) is 39.4 Å². The number of rotatable bonds is 8. The van der Waals surface area contributed by atoms with Gasteiger partial charge in [0, 0.05) is 5.41 Å². The molecule has 31 heavy (non-hydrogen) atoms. The molecule has 0 bridgehead atoms. The van der Waals surface area contributed by atoms with Crippen LogP contribution < -0.4 is 9.47 Å². The minimum absolute atomic E-state index is 0.0226. The van der Waals surface area contributed by atoms with Gasteiger partial charge in [0.25, 0.3) is 10.0 Å². The van der Waals surface area contributed by atoms with Crippen molar-refractivity contribution in [1.29, 1.82) is 0 Å². The number of fused-ring (bicyclic) bond motifs is 1. The van der Waals surface area contributed by atoms with Gasteiger partial charge in [0.2, 0.25) is 5.91 Å². The van der Waals surface area contributed by atoms with Crippen LogP contribution >= 0.6 is 0 Å². The first kappa shape index (κ1) is 22.6. The molecular formula is C24H27NO5S. The summed E-state index contributed by atoms with van der Waals surface area (Å²) < 4.78 is 37.6. The molecule has 0 heterocycles. The average Bonchev–Trinajstić information content (AvgIpc) is 3.00. The molecule has 0 fully saturated rings. The van der Waals surface area contributed by atoms with Crippen molar-refractivity contribution >= 4 is 21.5 Å². The molecule has 0 aromatic heterocycles. The number of hydrogen-bond acceptors (Lipinski definition) is 5. The minimum atomic E-state index is -4.04. The van der Waals surface area contributed by atoms with Crippen LogP contribution in [0.2, 0.25) is 0 Å². The number of carbonyl (C=O) groups excluding carboxylic acids is 1. The zero-order valence-electron chi connectivity index (χ0n) is 18.2. The van der Waals surface area contributed by atoms with E-state index in [2.05, 4.69) is 20.4 Å². The van der Waals surface area contributed by atoms with E-state index in [1.807, 2.05) is 24.3 Å². The Hall–Kier alpha value is -3.06. The highest BCUT2D eigenvalue weighted by molar-refractivity contribution is 7.89. The van der Waals surface area contributed by atoms with E-state index < -0.39 is 15.9 Å². The van der Waals surface area contributed by atoms with Gasteiger partial charge in [-0.25, -0.2) is 12.7 Å². The van der Waals surface area contributed by atoms with Crippen LogP contribution in [0.3, 0.4) is 0 Å². The molecule has 0 aliphatic heterocycles. The fourth-order valence-electron chi connectivity index (χ4n) is 3.78. The van der Waals surface area contributed by atoms with Crippen LogP contribution in [0.15, 0.2) is 66.1 Å². The summed E-state index contributed by atoms with van der Waals surface area (Å²) in [7, 11) is -0.925. The Morgan fingerprint density at radius 1 is 1.06 bits per heavy atom. The van der Waals surface area contributed by atoms with Crippen LogP contribution in [0, 0.1) is 0 Å². The van der Waals surface area contributed by atoms with E-state index in [1.54, 1.807) is 19.2 Å². The largest absolute Gasteiger partial charge is 0.497 e. The molecule has 0 unspecified atom stereocenters. The molecule has 3 rings (SSSR count). The minimum Gasteiger partial charge on any atom is -0.497 e. The van der Waals surface area contributed by atoms with E-state index in [9.17, 15) is 13.2 Å². The highest BCUT2D eigenvalue weighted by Crippen LogP contribution is 2.43. The summed E-state index contributed by atoms with van der Waals surface area (Å²) in [6.07, 6.45) is 3.39. The summed E-state index contributed by atoms with van der Waals surface area (Å²) in [5, 5.41) is 0. The standard InChI is InChI=1S/C24H27NO5S/c1-6-13-25(31(27,28)20-10-7-18(29-4)8-11-20)23(26)14-17-16-24(2,3)22-15-19(30-5)9-12-21(17)22/h6-12,15-16H,1,13-14H2,2-5H3. The Kier molecular flexibility index (Phi) is 6.27. The van der Waals surface area contributed by atoms with Crippen molar-refractivity contribution in [2.24, 2.45) is 0 Å². The van der Waals surface area contributed by atoms with Crippen molar-refractivity contribution in [3.63, 3.8) is 0 Å². The zero-order valence-corrected chi connectivity index (χ0v) is 19.0. The van der Waals surface area contributed by atoms with E-state index in [4.69, 9.17) is 9.47 Å². The van der Waals surface area contributed by atoms with Crippen LogP contribution in [0.1, 0.15) is 31.4 Å². The summed E-state index contributed by atoms with van der Waals surface area (Å²) in [6.45, 7) is 7.62. The second-order valence-corrected chi connectivity index (χ2v) is 9.74. The Bertz CT molecular complexity index is 1130. The first-order valence-electron chi connectivity index (χ1n) is 9.85. The predicted molar refractivity (Wildman–Crippen MR) is 121 cm³/mol. The number of carbonyl (C=O) groups is 1. The fraction of sp³-hybridized carbons (Fsp3) is 0.292. The van der Waals surface area contributed by atoms with Gasteiger partial charge >= 0.3 is 0 Å². The van der Waals surface area contributed by atoms with Crippen LogP contribution in [0.4, 0.5) is 0 Å². The topological polar surface area (TPSA) is 72.9 Å². The lowest BCUT2D eigenvalue weighted by Gasteiger charge is -2.22. The van der Waals surface area contributed by atoms with Gasteiger partial charge < -0.3 is 9.47 Å². The second-order valence-electron chi connectivity index (χ2n) is 7.87. The van der Waals surface area contributed by atoms with Gasteiger partial charge in [-0.05, 0) is 53.1 Å². The van der Waals surface area contributed by atoms with Gasteiger partial charge in [-0.3, -0.25) is 4.79 Å². The number of methoxy groups -OCH3 is 2. The van der Waals surface area contributed by atoms with Gasteiger partial charge in [0.15, 0.2) is 0 Å². The molecular weight excluding hydrogens is 414 g/mol. The maximum Gasteiger partial charge on any atom is 0.266 e. The Balaban J connectivity index is 1.92. The molecule has 2 aromatic rings. The van der Waals surface area contributed by atoms with Crippen molar-refractivity contribution in [1.82, 2.24) is 4.31 Å². The second kappa shape index (κ2) is 8.59. The lowest BCUT2D eigenvalue weighted by molar-refractivity contribution is -0.125. The number of hydrogen-bond donors (Lipinski definition) is 0. The average molecular weight is 442 g/mol. The van der Waals surface area contributed by atoms with Gasteiger partial charge in [0.05, 0.1) is 32.1 Å². The molecule has 1 aliphatic rings. The molecule has 0 saturated heterocycles. The zero-order chi connectivity index (χ0) is 22.8. The number of amides is 1. The van der Waals surface area contributed by atoms with Gasteiger partial charge in [-0.15, -0.1) is 6.58 Å². The lowest BCUT2D eigenvalue weighted by Crippen LogP contribution is -2.37. The summed E-state index contributed by atoms with van der Waals surface area (Å²) in [5.41, 5.74) is 2.48. The first-order valence-corrected chi connectivity index (χ1v) is 11.3. The summed E-state index contributed by atoms with van der Waals surface area (Å²) >= 11 is 0. The number of allylic oxidation sites excluding steroid dienone is 1.